The SMILES string of the molecule is O=C(Nc1ccc2c(c1)OC(CO)CO2)c1ccc(C#CC2CC2)cc1. The number of rotatable bonds is 3. The number of amides is 1. The molecule has 2 aromatic rings. The van der Waals surface area contributed by atoms with Crippen molar-refractivity contribution in [2.75, 3.05) is 18.5 Å². The molecule has 5 heteroatoms. The molecule has 132 valence electrons. The molecule has 26 heavy (non-hydrogen) atoms. The number of aliphatic hydroxyl groups is 1. The minimum atomic E-state index is -0.391. The van der Waals surface area contributed by atoms with Crippen molar-refractivity contribution >= 4 is 11.6 Å². The lowest BCUT2D eigenvalue weighted by Gasteiger charge is -2.25. The second-order valence-electron chi connectivity index (χ2n) is 6.47. The average Bonchev–Trinajstić information content (AvgIpc) is 3.50. The van der Waals surface area contributed by atoms with Crippen LogP contribution in [0.25, 0.3) is 0 Å². The zero-order valence-corrected chi connectivity index (χ0v) is 14.2. The van der Waals surface area contributed by atoms with E-state index in [4.69, 9.17) is 9.47 Å². The van der Waals surface area contributed by atoms with Gasteiger partial charge in [0.15, 0.2) is 17.6 Å². The molecule has 0 aromatic heterocycles. The van der Waals surface area contributed by atoms with Crippen molar-refractivity contribution in [1.82, 2.24) is 0 Å². The summed E-state index contributed by atoms with van der Waals surface area (Å²) in [5.41, 5.74) is 2.08. The van der Waals surface area contributed by atoms with Gasteiger partial charge in [-0.3, -0.25) is 4.79 Å². The van der Waals surface area contributed by atoms with E-state index in [2.05, 4.69) is 17.2 Å². The number of carbonyl (C=O) groups excluding carboxylic acids is 1. The summed E-state index contributed by atoms with van der Waals surface area (Å²) in [4.78, 5) is 12.4. The van der Waals surface area contributed by atoms with E-state index in [0.29, 0.717) is 35.3 Å². The summed E-state index contributed by atoms with van der Waals surface area (Å²) in [6.45, 7) is 0.192. The van der Waals surface area contributed by atoms with Crippen LogP contribution in [0.2, 0.25) is 0 Å². The van der Waals surface area contributed by atoms with E-state index in [9.17, 15) is 9.90 Å². The summed E-state index contributed by atoms with van der Waals surface area (Å²) in [5, 5.41) is 12.0. The Balaban J connectivity index is 1.44. The summed E-state index contributed by atoms with van der Waals surface area (Å²) in [6, 6.07) is 12.5. The highest BCUT2D eigenvalue weighted by molar-refractivity contribution is 6.04. The van der Waals surface area contributed by atoms with Crippen LogP contribution in [0.4, 0.5) is 5.69 Å². The molecule has 1 fully saturated rings. The molecule has 1 atom stereocenters. The van der Waals surface area contributed by atoms with Crippen LogP contribution in [0.3, 0.4) is 0 Å². The van der Waals surface area contributed by atoms with Crippen molar-refractivity contribution in [3.63, 3.8) is 0 Å². The summed E-state index contributed by atoms with van der Waals surface area (Å²) >= 11 is 0. The second-order valence-corrected chi connectivity index (χ2v) is 6.47. The van der Waals surface area contributed by atoms with Crippen molar-refractivity contribution in [2.24, 2.45) is 5.92 Å². The number of nitrogens with one attached hydrogen (secondary N) is 1. The molecule has 1 unspecified atom stereocenters. The first-order valence-corrected chi connectivity index (χ1v) is 8.68. The zero-order valence-electron chi connectivity index (χ0n) is 14.2. The molecular weight excluding hydrogens is 330 g/mol. The first-order chi connectivity index (χ1) is 12.7. The van der Waals surface area contributed by atoms with Crippen LogP contribution in [-0.4, -0.2) is 30.3 Å². The van der Waals surface area contributed by atoms with E-state index in [1.54, 1.807) is 30.3 Å². The van der Waals surface area contributed by atoms with Crippen molar-refractivity contribution in [2.45, 2.75) is 18.9 Å². The molecule has 2 N–H and O–H groups in total. The number of anilines is 1. The molecular formula is C21H19NO4. The summed E-state index contributed by atoms with van der Waals surface area (Å²) in [5.74, 6) is 7.80. The molecule has 0 saturated heterocycles. The molecule has 2 aromatic carbocycles. The van der Waals surface area contributed by atoms with Gasteiger partial charge in [-0.15, -0.1) is 0 Å². The maximum absolute atomic E-state index is 12.4. The van der Waals surface area contributed by atoms with Gasteiger partial charge >= 0.3 is 0 Å². The van der Waals surface area contributed by atoms with Gasteiger partial charge in [-0.25, -0.2) is 0 Å². The Hall–Kier alpha value is -2.97. The van der Waals surface area contributed by atoms with Crippen LogP contribution in [-0.2, 0) is 0 Å². The van der Waals surface area contributed by atoms with Crippen molar-refractivity contribution in [3.8, 4) is 23.3 Å². The third-order valence-electron chi connectivity index (χ3n) is 4.27. The van der Waals surface area contributed by atoms with E-state index in [1.807, 2.05) is 12.1 Å². The van der Waals surface area contributed by atoms with Gasteiger partial charge in [0.05, 0.1) is 6.61 Å². The lowest BCUT2D eigenvalue weighted by Crippen LogP contribution is -2.32. The van der Waals surface area contributed by atoms with E-state index < -0.39 is 6.10 Å². The predicted octanol–water partition coefficient (Wildman–Crippen LogP) is 2.83. The molecule has 1 heterocycles. The molecule has 1 aliphatic carbocycles. The molecule has 1 amide bonds. The number of hydrogen-bond donors (Lipinski definition) is 2. The Morgan fingerprint density at radius 3 is 2.69 bits per heavy atom. The van der Waals surface area contributed by atoms with Crippen molar-refractivity contribution in [1.29, 1.82) is 0 Å². The maximum atomic E-state index is 12.4. The van der Waals surface area contributed by atoms with Crippen LogP contribution >= 0.6 is 0 Å². The minimum absolute atomic E-state index is 0.119. The van der Waals surface area contributed by atoms with Gasteiger partial charge in [-0.2, -0.15) is 0 Å². The number of carbonyl (C=O) groups is 1. The smallest absolute Gasteiger partial charge is 0.255 e. The van der Waals surface area contributed by atoms with Crippen molar-refractivity contribution in [3.05, 3.63) is 53.6 Å². The number of hydrogen-bond acceptors (Lipinski definition) is 4. The first-order valence-electron chi connectivity index (χ1n) is 8.68. The quantitative estimate of drug-likeness (QED) is 0.836. The Labute approximate surface area is 151 Å². The highest BCUT2D eigenvalue weighted by atomic mass is 16.6. The highest BCUT2D eigenvalue weighted by Crippen LogP contribution is 2.34. The second kappa shape index (κ2) is 7.11. The fourth-order valence-electron chi connectivity index (χ4n) is 2.60. The van der Waals surface area contributed by atoms with Gasteiger partial charge in [-0.1, -0.05) is 11.8 Å². The Morgan fingerprint density at radius 1 is 1.15 bits per heavy atom. The predicted molar refractivity (Wildman–Crippen MR) is 97.4 cm³/mol. The molecule has 0 spiro atoms. The molecule has 4 rings (SSSR count). The monoisotopic (exact) mass is 349 g/mol. The highest BCUT2D eigenvalue weighted by Gasteiger charge is 2.21. The van der Waals surface area contributed by atoms with Gasteiger partial charge < -0.3 is 19.9 Å². The van der Waals surface area contributed by atoms with Gasteiger partial charge in [0.1, 0.15) is 6.61 Å². The fourth-order valence-corrected chi connectivity index (χ4v) is 2.60. The number of ether oxygens (including phenoxy) is 2. The van der Waals surface area contributed by atoms with Crippen LogP contribution in [0, 0.1) is 17.8 Å². The van der Waals surface area contributed by atoms with E-state index >= 15 is 0 Å². The average molecular weight is 349 g/mol. The number of fused-ring (bicyclic) bond motifs is 1. The lowest BCUT2D eigenvalue weighted by atomic mass is 10.1. The summed E-state index contributed by atoms with van der Waals surface area (Å²) < 4.78 is 11.2. The molecule has 5 nitrogen and oxygen atoms in total. The Morgan fingerprint density at radius 2 is 1.96 bits per heavy atom. The van der Waals surface area contributed by atoms with Crippen LogP contribution in [0.1, 0.15) is 28.8 Å². The van der Waals surface area contributed by atoms with Gasteiger partial charge in [-0.05, 0) is 49.2 Å². The van der Waals surface area contributed by atoms with E-state index in [0.717, 1.165) is 5.56 Å². The normalized spacial score (nSPS) is 17.8. The zero-order chi connectivity index (χ0) is 17.9. The first kappa shape index (κ1) is 16.5. The van der Waals surface area contributed by atoms with Crippen molar-refractivity contribution < 1.29 is 19.4 Å². The molecule has 1 aliphatic heterocycles. The largest absolute Gasteiger partial charge is 0.486 e. The lowest BCUT2D eigenvalue weighted by molar-refractivity contribution is 0.0457. The summed E-state index contributed by atoms with van der Waals surface area (Å²) in [7, 11) is 0. The van der Waals surface area contributed by atoms with Crippen LogP contribution < -0.4 is 14.8 Å². The Bertz CT molecular complexity index is 875. The van der Waals surface area contributed by atoms with Crippen LogP contribution in [0.15, 0.2) is 42.5 Å². The van der Waals surface area contributed by atoms with E-state index in [-0.39, 0.29) is 12.5 Å². The van der Waals surface area contributed by atoms with Gasteiger partial charge in [0, 0.05) is 28.8 Å². The van der Waals surface area contributed by atoms with Crippen LogP contribution in [0.5, 0.6) is 11.5 Å². The Kier molecular flexibility index (Phi) is 4.51. The topological polar surface area (TPSA) is 67.8 Å². The number of aliphatic hydroxyl groups excluding tert-OH is 1. The molecule has 0 radical (unpaired) electrons. The standard InChI is InChI=1S/C21H19NO4/c23-12-18-13-25-19-10-9-17(11-20(19)26-18)22-21(24)16-7-5-15(6-8-16)4-3-14-1-2-14/h5-11,14,18,23H,1-2,12-13H2,(H,22,24). The van der Waals surface area contributed by atoms with Gasteiger partial charge in [0.2, 0.25) is 0 Å². The molecule has 1 saturated carbocycles. The molecule has 2 aliphatic rings. The third kappa shape index (κ3) is 3.81. The van der Waals surface area contributed by atoms with Gasteiger partial charge in [0.25, 0.3) is 5.91 Å². The number of benzene rings is 2. The summed E-state index contributed by atoms with van der Waals surface area (Å²) in [6.07, 6.45) is 2.00. The van der Waals surface area contributed by atoms with E-state index in [1.165, 1.54) is 12.8 Å². The molecule has 0 bridgehead atoms. The third-order valence-corrected chi connectivity index (χ3v) is 4.27. The fraction of sp³-hybridized carbons (Fsp3) is 0.286. The maximum Gasteiger partial charge on any atom is 0.255 e. The minimum Gasteiger partial charge on any atom is -0.486 e.